The molecule has 2 saturated heterocycles. The van der Waals surface area contributed by atoms with E-state index in [0.717, 1.165) is 67.2 Å². The van der Waals surface area contributed by atoms with Gasteiger partial charge in [0.1, 0.15) is 11.5 Å². The Morgan fingerprint density at radius 2 is 1.76 bits per heavy atom. The third kappa shape index (κ3) is 6.68. The smallest absolute Gasteiger partial charge is 0.315 e. The number of amides is 2. The molecule has 1 atom stereocenters. The third-order valence-electron chi connectivity index (χ3n) is 9.44. The maximum atomic E-state index is 13.7. The van der Waals surface area contributed by atoms with Gasteiger partial charge in [-0.05, 0) is 56.0 Å². The van der Waals surface area contributed by atoms with Gasteiger partial charge in [-0.3, -0.25) is 4.79 Å². The Kier molecular flexibility index (Phi) is 9.53. The standard InChI is InChI=1S/C30H23Cl2F2N5O2.C6H11N3O/c1-39-30(40)24-16(14-35-39)13-23(27(33)34)37-28(24)36-21-11-5-9-19(26(21)32)18-8-4-10-20(25(18)31)22-12-15-6-3-7-17(15)29(38-22)41-2;10-5-8-4-6(9-5)1-2-7-3-6/h4-5,8-14,27H,3,6-7H2,1-2H3,(H,36,37);7H,1-4H2,(H2,8,9,10). The molecule has 1 unspecified atom stereocenters. The second-order valence-electron chi connectivity index (χ2n) is 12.7. The molecule has 2 amide bonds. The number of aromatic nitrogens is 4. The number of carbonyl (C=O) groups is 1. The van der Waals surface area contributed by atoms with Crippen LogP contribution in [0.4, 0.5) is 25.1 Å². The van der Waals surface area contributed by atoms with Gasteiger partial charge in [0, 0.05) is 47.8 Å². The van der Waals surface area contributed by atoms with Gasteiger partial charge in [0.25, 0.3) is 12.0 Å². The Morgan fingerprint density at radius 3 is 2.47 bits per heavy atom. The Labute approximate surface area is 301 Å². The zero-order valence-electron chi connectivity index (χ0n) is 27.7. The number of halogens is 4. The number of fused-ring (bicyclic) bond motifs is 2. The number of benzene rings is 2. The zero-order valence-corrected chi connectivity index (χ0v) is 29.3. The van der Waals surface area contributed by atoms with Gasteiger partial charge < -0.3 is 26.0 Å². The molecule has 8 rings (SSSR count). The second kappa shape index (κ2) is 14.0. The van der Waals surface area contributed by atoms with Crippen LogP contribution < -0.4 is 31.6 Å². The van der Waals surface area contributed by atoms with Gasteiger partial charge in [0.2, 0.25) is 5.88 Å². The lowest BCUT2D eigenvalue weighted by molar-refractivity contribution is 0.146. The summed E-state index contributed by atoms with van der Waals surface area (Å²) in [4.78, 5) is 32.4. The summed E-state index contributed by atoms with van der Waals surface area (Å²) >= 11 is 13.9. The van der Waals surface area contributed by atoms with Gasteiger partial charge in [-0.2, -0.15) is 5.10 Å². The molecule has 1 aliphatic carbocycles. The number of nitrogens with zero attached hydrogens (tertiary/aromatic N) is 4. The predicted molar refractivity (Wildman–Crippen MR) is 193 cm³/mol. The quantitative estimate of drug-likeness (QED) is 0.154. The average molecular weight is 736 g/mol. The highest BCUT2D eigenvalue weighted by atomic mass is 35.5. The van der Waals surface area contributed by atoms with Gasteiger partial charge in [0.15, 0.2) is 0 Å². The first-order valence-electron chi connectivity index (χ1n) is 16.4. The van der Waals surface area contributed by atoms with Crippen molar-refractivity contribution in [3.05, 3.63) is 91.9 Å². The van der Waals surface area contributed by atoms with E-state index in [-0.39, 0.29) is 33.2 Å². The Morgan fingerprint density at radius 1 is 1.00 bits per heavy atom. The molecule has 5 aromatic rings. The number of hydrogen-bond acceptors (Lipinski definition) is 8. The van der Waals surface area contributed by atoms with E-state index in [9.17, 15) is 18.4 Å². The number of methoxy groups -OCH3 is 1. The summed E-state index contributed by atoms with van der Waals surface area (Å²) < 4.78 is 34.0. The van der Waals surface area contributed by atoms with E-state index >= 15 is 0 Å². The molecule has 3 aromatic heterocycles. The Hall–Kier alpha value is -4.85. The summed E-state index contributed by atoms with van der Waals surface area (Å²) in [6.45, 7) is 2.70. The molecule has 3 aliphatic rings. The van der Waals surface area contributed by atoms with E-state index in [2.05, 4.69) is 37.4 Å². The highest BCUT2D eigenvalue weighted by Gasteiger charge is 2.39. The fourth-order valence-electron chi connectivity index (χ4n) is 6.81. The number of rotatable bonds is 6. The van der Waals surface area contributed by atoms with Gasteiger partial charge in [-0.1, -0.05) is 53.5 Å². The van der Waals surface area contributed by atoms with Crippen molar-refractivity contribution < 1.29 is 18.3 Å². The topological polar surface area (TPSA) is 135 Å². The van der Waals surface area contributed by atoms with Crippen molar-refractivity contribution in [2.45, 2.75) is 37.6 Å². The van der Waals surface area contributed by atoms with E-state index in [1.165, 1.54) is 18.8 Å². The maximum absolute atomic E-state index is 13.7. The highest BCUT2D eigenvalue weighted by Crippen LogP contribution is 2.43. The summed E-state index contributed by atoms with van der Waals surface area (Å²) in [7, 11) is 3.09. The monoisotopic (exact) mass is 734 g/mol. The number of ether oxygens (including phenoxy) is 1. The first kappa shape index (κ1) is 34.6. The van der Waals surface area contributed by atoms with E-state index in [0.29, 0.717) is 33.4 Å². The van der Waals surface area contributed by atoms with Crippen LogP contribution in [0.1, 0.15) is 36.1 Å². The highest BCUT2D eigenvalue weighted by molar-refractivity contribution is 6.39. The van der Waals surface area contributed by atoms with E-state index in [1.54, 1.807) is 25.3 Å². The minimum atomic E-state index is -2.85. The fourth-order valence-corrected chi connectivity index (χ4v) is 7.41. The minimum Gasteiger partial charge on any atom is -0.481 e. The van der Waals surface area contributed by atoms with Crippen molar-refractivity contribution in [3.8, 4) is 28.3 Å². The van der Waals surface area contributed by atoms with Crippen LogP contribution in [0.2, 0.25) is 10.0 Å². The van der Waals surface area contributed by atoms with Crippen LogP contribution in [0.3, 0.4) is 0 Å². The van der Waals surface area contributed by atoms with Crippen LogP contribution in [0.5, 0.6) is 5.88 Å². The molecule has 4 N–H and O–H groups in total. The second-order valence-corrected chi connectivity index (χ2v) is 13.5. The fraction of sp³-hybridized carbons (Fsp3) is 0.306. The van der Waals surface area contributed by atoms with Crippen LogP contribution in [-0.4, -0.2) is 58.1 Å². The molecule has 1 spiro atoms. The van der Waals surface area contributed by atoms with Gasteiger partial charge >= 0.3 is 6.03 Å². The molecular weight excluding hydrogens is 701 g/mol. The molecule has 0 bridgehead atoms. The van der Waals surface area contributed by atoms with E-state index in [4.69, 9.17) is 32.9 Å². The lowest BCUT2D eigenvalue weighted by atomic mass is 9.99. The Bertz CT molecular complexity index is 2230. The van der Waals surface area contributed by atoms with Crippen LogP contribution >= 0.6 is 23.2 Å². The van der Waals surface area contributed by atoms with Crippen LogP contribution in [0.25, 0.3) is 33.2 Å². The lowest BCUT2D eigenvalue weighted by Crippen LogP contribution is -2.45. The average Bonchev–Trinajstić information content (AvgIpc) is 3.89. The van der Waals surface area contributed by atoms with E-state index < -0.39 is 17.7 Å². The van der Waals surface area contributed by atoms with E-state index in [1.807, 2.05) is 18.2 Å². The minimum absolute atomic E-state index is 0.0244. The summed E-state index contributed by atoms with van der Waals surface area (Å²) in [6, 6.07) is 14.0. The number of pyridine rings is 2. The normalized spacial score (nSPS) is 17.7. The molecule has 2 aliphatic heterocycles. The largest absolute Gasteiger partial charge is 0.481 e. The molecule has 5 heterocycles. The van der Waals surface area contributed by atoms with Gasteiger partial charge in [-0.25, -0.2) is 28.2 Å². The molecule has 11 nitrogen and oxygen atoms in total. The summed E-state index contributed by atoms with van der Waals surface area (Å²) in [6.07, 6.45) is 2.48. The molecule has 0 saturated carbocycles. The number of alkyl halides is 2. The predicted octanol–water partition coefficient (Wildman–Crippen LogP) is 6.57. The number of hydrogen-bond donors (Lipinski definition) is 4. The molecule has 2 fully saturated rings. The number of carbonyl (C=O) groups excluding carboxylic acids is 1. The number of anilines is 2. The van der Waals surface area contributed by atoms with Crippen molar-refractivity contribution in [2.75, 3.05) is 32.1 Å². The SMILES string of the molecule is COc1nc(-c2cccc(-c3cccc(Nc4nc(C(F)F)cc5cnn(C)c(=O)c45)c3Cl)c2Cl)cc2c1CCC2.O=C1NCC2(CCNC2)N1. The summed E-state index contributed by atoms with van der Waals surface area (Å²) in [5.74, 6) is 0.557. The van der Waals surface area contributed by atoms with Crippen molar-refractivity contribution >= 4 is 51.5 Å². The van der Waals surface area contributed by atoms with Crippen LogP contribution in [0.15, 0.2) is 59.5 Å². The first-order chi connectivity index (χ1) is 24.6. The molecule has 2 aromatic carbocycles. The van der Waals surface area contributed by atoms with Gasteiger partial charge in [-0.15, -0.1) is 0 Å². The Balaban J connectivity index is 0.000000347. The molecule has 15 heteroatoms. The maximum Gasteiger partial charge on any atom is 0.315 e. The molecule has 0 radical (unpaired) electrons. The number of urea groups is 1. The number of nitrogens with one attached hydrogen (secondary N) is 4. The summed E-state index contributed by atoms with van der Waals surface area (Å²) in [5.41, 5.74) is 4.42. The molecular formula is C36H34Cl2F2N8O3. The third-order valence-corrected chi connectivity index (χ3v) is 10.3. The van der Waals surface area contributed by atoms with Crippen LogP contribution in [0, 0.1) is 0 Å². The first-order valence-corrected chi connectivity index (χ1v) is 17.2. The van der Waals surface area contributed by atoms with Gasteiger partial charge in [0.05, 0.1) is 45.7 Å². The molecule has 264 valence electrons. The van der Waals surface area contributed by atoms with Crippen molar-refractivity contribution in [3.63, 3.8) is 0 Å². The molecule has 51 heavy (non-hydrogen) atoms. The van der Waals surface area contributed by atoms with Crippen molar-refractivity contribution in [1.82, 2.24) is 35.7 Å². The zero-order chi connectivity index (χ0) is 35.9. The van der Waals surface area contributed by atoms with Crippen molar-refractivity contribution in [2.24, 2.45) is 7.05 Å². The van der Waals surface area contributed by atoms with Crippen LogP contribution in [-0.2, 0) is 19.9 Å². The van der Waals surface area contributed by atoms with Crippen molar-refractivity contribution in [1.29, 1.82) is 0 Å². The lowest BCUT2D eigenvalue weighted by Gasteiger charge is -2.18. The number of aryl methyl sites for hydroxylation is 2. The summed E-state index contributed by atoms with van der Waals surface area (Å²) in [5, 5.41) is 16.9.